The second-order valence-electron chi connectivity index (χ2n) is 6.19. The van der Waals surface area contributed by atoms with E-state index in [1.165, 1.54) is 0 Å². The molecular weight excluding hydrogens is 228 g/mol. The van der Waals surface area contributed by atoms with Crippen molar-refractivity contribution in [2.45, 2.75) is 44.9 Å². The van der Waals surface area contributed by atoms with Crippen LogP contribution < -0.4 is 5.32 Å². The minimum Gasteiger partial charge on any atom is -0.316 e. The molecule has 2 amide bonds. The van der Waals surface area contributed by atoms with Crippen LogP contribution in [0.3, 0.4) is 0 Å². The van der Waals surface area contributed by atoms with Gasteiger partial charge in [0.2, 0.25) is 11.8 Å². The summed E-state index contributed by atoms with van der Waals surface area (Å²) in [4.78, 5) is 26.2. The highest BCUT2D eigenvalue weighted by Gasteiger charge is 2.52. The Kier molecular flexibility index (Phi) is 3.14. The smallest absolute Gasteiger partial charge is 0.235 e. The Balaban J connectivity index is 1.68. The lowest BCUT2D eigenvalue weighted by Gasteiger charge is -2.27. The zero-order valence-corrected chi connectivity index (χ0v) is 10.9. The normalized spacial score (nSPS) is 31.6. The van der Waals surface area contributed by atoms with Gasteiger partial charge < -0.3 is 5.32 Å². The highest BCUT2D eigenvalue weighted by molar-refractivity contribution is 6.06. The van der Waals surface area contributed by atoms with Crippen LogP contribution in [0.15, 0.2) is 0 Å². The third-order valence-electron chi connectivity index (χ3n) is 4.89. The Morgan fingerprint density at radius 2 is 2.00 bits per heavy atom. The number of nitrogens with one attached hydrogen (secondary N) is 1. The first-order chi connectivity index (χ1) is 8.71. The van der Waals surface area contributed by atoms with E-state index in [4.69, 9.17) is 0 Å². The van der Waals surface area contributed by atoms with Crippen molar-refractivity contribution in [2.24, 2.45) is 11.3 Å². The number of likely N-dealkylation sites (tertiary alicyclic amines) is 1. The van der Waals surface area contributed by atoms with E-state index in [0.717, 1.165) is 51.6 Å². The maximum atomic E-state index is 12.5. The molecule has 3 aliphatic rings. The van der Waals surface area contributed by atoms with Crippen LogP contribution in [-0.4, -0.2) is 36.3 Å². The number of carbonyl (C=O) groups is 2. The zero-order valence-electron chi connectivity index (χ0n) is 10.9. The third kappa shape index (κ3) is 1.96. The molecule has 4 heteroatoms. The van der Waals surface area contributed by atoms with Crippen molar-refractivity contribution in [2.75, 3.05) is 19.6 Å². The van der Waals surface area contributed by atoms with Crippen LogP contribution in [0.1, 0.15) is 44.9 Å². The van der Waals surface area contributed by atoms with Gasteiger partial charge in [0.15, 0.2) is 0 Å². The summed E-state index contributed by atoms with van der Waals surface area (Å²) in [5.41, 5.74) is -0.292. The van der Waals surface area contributed by atoms with Gasteiger partial charge in [-0.05, 0) is 44.7 Å². The van der Waals surface area contributed by atoms with Crippen LogP contribution in [0.4, 0.5) is 0 Å². The molecule has 1 atom stereocenters. The molecule has 2 heterocycles. The standard InChI is InChI=1S/C14H22N2O2/c17-12-8-14(5-1-2-6-14)13(18)16(12)10-11-4-3-7-15-9-11/h11,15H,1-10H2. The molecule has 3 rings (SSSR count). The number of hydrogen-bond acceptors (Lipinski definition) is 3. The molecule has 1 aliphatic carbocycles. The van der Waals surface area contributed by atoms with Crippen molar-refractivity contribution < 1.29 is 9.59 Å². The summed E-state index contributed by atoms with van der Waals surface area (Å²) < 4.78 is 0. The summed E-state index contributed by atoms with van der Waals surface area (Å²) in [6.45, 7) is 2.67. The molecule has 3 fully saturated rings. The summed E-state index contributed by atoms with van der Waals surface area (Å²) in [5.74, 6) is 0.672. The Labute approximate surface area is 108 Å². The highest BCUT2D eigenvalue weighted by Crippen LogP contribution is 2.47. The van der Waals surface area contributed by atoms with E-state index in [1.807, 2.05) is 0 Å². The van der Waals surface area contributed by atoms with Crippen LogP contribution in [0.25, 0.3) is 0 Å². The van der Waals surface area contributed by atoms with E-state index >= 15 is 0 Å². The van der Waals surface area contributed by atoms with Crippen molar-refractivity contribution in [3.63, 3.8) is 0 Å². The minimum atomic E-state index is -0.292. The van der Waals surface area contributed by atoms with Crippen molar-refractivity contribution in [3.8, 4) is 0 Å². The van der Waals surface area contributed by atoms with Crippen molar-refractivity contribution in [1.29, 1.82) is 0 Å². The zero-order chi connectivity index (χ0) is 12.6. The average molecular weight is 250 g/mol. The maximum Gasteiger partial charge on any atom is 0.235 e. The van der Waals surface area contributed by atoms with E-state index in [2.05, 4.69) is 5.32 Å². The molecule has 2 aliphatic heterocycles. The molecule has 0 radical (unpaired) electrons. The second kappa shape index (κ2) is 4.65. The molecule has 1 N–H and O–H groups in total. The Morgan fingerprint density at radius 1 is 1.22 bits per heavy atom. The number of rotatable bonds is 2. The fraction of sp³-hybridized carbons (Fsp3) is 0.857. The molecule has 2 saturated heterocycles. The topological polar surface area (TPSA) is 49.4 Å². The molecule has 1 unspecified atom stereocenters. The first-order valence-electron chi connectivity index (χ1n) is 7.27. The van der Waals surface area contributed by atoms with Gasteiger partial charge in [-0.2, -0.15) is 0 Å². The Bertz CT molecular complexity index is 355. The number of imide groups is 1. The van der Waals surface area contributed by atoms with Gasteiger partial charge in [0.1, 0.15) is 0 Å². The molecule has 18 heavy (non-hydrogen) atoms. The van der Waals surface area contributed by atoms with Gasteiger partial charge in [-0.15, -0.1) is 0 Å². The number of piperidine rings is 1. The summed E-state index contributed by atoms with van der Waals surface area (Å²) >= 11 is 0. The van der Waals surface area contributed by atoms with Crippen LogP contribution in [0.5, 0.6) is 0 Å². The van der Waals surface area contributed by atoms with E-state index in [-0.39, 0.29) is 17.2 Å². The number of hydrogen-bond donors (Lipinski definition) is 1. The van der Waals surface area contributed by atoms with E-state index in [0.29, 0.717) is 18.9 Å². The summed E-state index contributed by atoms with van der Waals surface area (Å²) in [7, 11) is 0. The Hall–Kier alpha value is -0.900. The van der Waals surface area contributed by atoms with Crippen LogP contribution >= 0.6 is 0 Å². The van der Waals surface area contributed by atoms with Gasteiger partial charge in [0, 0.05) is 13.0 Å². The predicted octanol–water partition coefficient (Wildman–Crippen LogP) is 1.31. The average Bonchev–Trinajstić information content (AvgIpc) is 2.93. The lowest BCUT2D eigenvalue weighted by atomic mass is 9.84. The molecule has 0 aromatic rings. The van der Waals surface area contributed by atoms with Crippen LogP contribution in [-0.2, 0) is 9.59 Å². The molecule has 1 spiro atoms. The molecule has 0 aromatic carbocycles. The van der Waals surface area contributed by atoms with Crippen molar-refractivity contribution in [3.05, 3.63) is 0 Å². The fourth-order valence-corrected chi connectivity index (χ4v) is 3.83. The van der Waals surface area contributed by atoms with Gasteiger partial charge in [-0.25, -0.2) is 0 Å². The lowest BCUT2D eigenvalue weighted by Crippen LogP contribution is -2.42. The minimum absolute atomic E-state index is 0.0764. The van der Waals surface area contributed by atoms with E-state index < -0.39 is 0 Å². The molecule has 4 nitrogen and oxygen atoms in total. The van der Waals surface area contributed by atoms with Gasteiger partial charge >= 0.3 is 0 Å². The van der Waals surface area contributed by atoms with Crippen molar-refractivity contribution >= 4 is 11.8 Å². The quantitative estimate of drug-likeness (QED) is 0.752. The molecule has 0 aromatic heterocycles. The van der Waals surface area contributed by atoms with Crippen LogP contribution in [0.2, 0.25) is 0 Å². The van der Waals surface area contributed by atoms with Crippen LogP contribution in [0, 0.1) is 11.3 Å². The second-order valence-corrected chi connectivity index (χ2v) is 6.19. The van der Waals surface area contributed by atoms with Gasteiger partial charge in [0.25, 0.3) is 0 Å². The van der Waals surface area contributed by atoms with Gasteiger partial charge in [0.05, 0.1) is 5.41 Å². The van der Waals surface area contributed by atoms with E-state index in [1.54, 1.807) is 4.90 Å². The predicted molar refractivity (Wildman–Crippen MR) is 67.8 cm³/mol. The van der Waals surface area contributed by atoms with Crippen molar-refractivity contribution in [1.82, 2.24) is 10.2 Å². The number of nitrogens with zero attached hydrogens (tertiary/aromatic N) is 1. The summed E-state index contributed by atoms with van der Waals surface area (Å²) in [6.07, 6.45) is 6.85. The molecule has 1 saturated carbocycles. The largest absolute Gasteiger partial charge is 0.316 e. The van der Waals surface area contributed by atoms with E-state index in [9.17, 15) is 9.59 Å². The number of amides is 2. The molecular formula is C14H22N2O2. The first kappa shape index (κ1) is 12.2. The lowest BCUT2D eigenvalue weighted by molar-refractivity contribution is -0.142. The maximum absolute atomic E-state index is 12.5. The highest BCUT2D eigenvalue weighted by atomic mass is 16.2. The molecule has 100 valence electrons. The first-order valence-corrected chi connectivity index (χ1v) is 7.27. The fourth-order valence-electron chi connectivity index (χ4n) is 3.83. The molecule has 0 bridgehead atoms. The van der Waals surface area contributed by atoms with Gasteiger partial charge in [-0.1, -0.05) is 12.8 Å². The Morgan fingerprint density at radius 3 is 2.67 bits per heavy atom. The number of carbonyl (C=O) groups excluding carboxylic acids is 2. The monoisotopic (exact) mass is 250 g/mol. The summed E-state index contributed by atoms with van der Waals surface area (Å²) in [6, 6.07) is 0. The SMILES string of the molecule is O=C1CC2(CCCC2)C(=O)N1CC1CCCNC1. The summed E-state index contributed by atoms with van der Waals surface area (Å²) in [5, 5.41) is 3.35. The third-order valence-corrected chi connectivity index (χ3v) is 4.89. The van der Waals surface area contributed by atoms with Gasteiger partial charge in [-0.3, -0.25) is 14.5 Å².